The molecule has 0 radical (unpaired) electrons. The normalized spacial score (nSPS) is 15.2. The van der Waals surface area contributed by atoms with E-state index in [1.807, 2.05) is 53.0 Å². The Morgan fingerprint density at radius 1 is 1.28 bits per heavy atom. The number of carboxylic acid groups (broad SMARTS) is 1. The summed E-state index contributed by atoms with van der Waals surface area (Å²) in [5.41, 5.74) is 3.13. The second-order valence-electron chi connectivity index (χ2n) is 7.66. The minimum atomic E-state index is -0.250. The average Bonchev–Trinajstić information content (AvgIpc) is 3.46. The Labute approximate surface area is 186 Å². The van der Waals surface area contributed by atoms with E-state index in [0.717, 1.165) is 37.0 Å². The molecule has 9 nitrogen and oxygen atoms in total. The number of carbonyl (C=O) groups is 3. The lowest BCUT2D eigenvalue weighted by molar-refractivity contribution is -0.122. The summed E-state index contributed by atoms with van der Waals surface area (Å²) in [5.74, 6) is 0.333. The van der Waals surface area contributed by atoms with Crippen LogP contribution in [0.2, 0.25) is 0 Å². The third kappa shape index (κ3) is 5.69. The first-order valence-corrected chi connectivity index (χ1v) is 10.6. The molecule has 168 valence electrons. The number of rotatable bonds is 6. The Bertz CT molecular complexity index is 1080. The summed E-state index contributed by atoms with van der Waals surface area (Å²) < 4.78 is 1.86. The average molecular weight is 438 g/mol. The Morgan fingerprint density at radius 2 is 2.09 bits per heavy atom. The van der Waals surface area contributed by atoms with Gasteiger partial charge in [0.1, 0.15) is 5.65 Å². The van der Waals surface area contributed by atoms with Crippen LogP contribution in [-0.4, -0.2) is 62.3 Å². The van der Waals surface area contributed by atoms with Crippen LogP contribution in [0.1, 0.15) is 46.0 Å². The van der Waals surface area contributed by atoms with Crippen LogP contribution >= 0.6 is 0 Å². The zero-order valence-corrected chi connectivity index (χ0v) is 18.0. The summed E-state index contributed by atoms with van der Waals surface area (Å²) in [7, 11) is 0. The van der Waals surface area contributed by atoms with Gasteiger partial charge in [0, 0.05) is 50.6 Å². The number of hydrogen-bond donors (Lipinski definition) is 2. The maximum absolute atomic E-state index is 12.9. The molecule has 9 heteroatoms. The second kappa shape index (κ2) is 11.0. The number of pyridine rings is 2. The Balaban J connectivity index is 0.000000913. The fourth-order valence-electron chi connectivity index (χ4n) is 3.81. The Morgan fingerprint density at radius 3 is 2.88 bits per heavy atom. The van der Waals surface area contributed by atoms with E-state index in [-0.39, 0.29) is 18.3 Å². The van der Waals surface area contributed by atoms with Crippen LogP contribution in [0.25, 0.3) is 5.65 Å². The van der Waals surface area contributed by atoms with E-state index < -0.39 is 0 Å². The molecular weight excluding hydrogens is 410 g/mol. The van der Waals surface area contributed by atoms with Crippen LogP contribution in [0, 0.1) is 5.92 Å². The summed E-state index contributed by atoms with van der Waals surface area (Å²) in [5, 5.41) is 9.77. The van der Waals surface area contributed by atoms with Crippen molar-refractivity contribution in [2.24, 2.45) is 5.92 Å². The minimum absolute atomic E-state index is 0.0499. The maximum Gasteiger partial charge on any atom is 0.290 e. The molecule has 4 rings (SSSR count). The molecule has 1 fully saturated rings. The zero-order chi connectivity index (χ0) is 22.9. The SMILES string of the molecule is CCCNC(=O)c1cncc(CC2CCN(C(=O)c3ccc4nccn4c3)C2)c1.O=CO. The quantitative estimate of drug-likeness (QED) is 0.572. The summed E-state index contributed by atoms with van der Waals surface area (Å²) in [6.07, 6.45) is 11.5. The molecule has 1 aliphatic heterocycles. The highest BCUT2D eigenvalue weighted by molar-refractivity contribution is 5.94. The second-order valence-corrected chi connectivity index (χ2v) is 7.66. The van der Waals surface area contributed by atoms with E-state index in [2.05, 4.69) is 15.3 Å². The minimum Gasteiger partial charge on any atom is -0.483 e. The summed E-state index contributed by atoms with van der Waals surface area (Å²) in [6, 6.07) is 5.61. The summed E-state index contributed by atoms with van der Waals surface area (Å²) in [4.78, 5) is 43.8. The largest absolute Gasteiger partial charge is 0.483 e. The Hall–Kier alpha value is -3.75. The van der Waals surface area contributed by atoms with Crippen LogP contribution in [0.3, 0.4) is 0 Å². The molecule has 1 unspecified atom stereocenters. The van der Waals surface area contributed by atoms with Crippen molar-refractivity contribution in [3.8, 4) is 0 Å². The first kappa shape index (κ1) is 22.9. The monoisotopic (exact) mass is 437 g/mol. The molecule has 0 spiro atoms. The van der Waals surface area contributed by atoms with Gasteiger partial charge < -0.3 is 19.7 Å². The van der Waals surface area contributed by atoms with Crippen molar-refractivity contribution in [1.29, 1.82) is 0 Å². The third-order valence-electron chi connectivity index (χ3n) is 5.33. The van der Waals surface area contributed by atoms with E-state index in [1.165, 1.54) is 0 Å². The van der Waals surface area contributed by atoms with Gasteiger partial charge in [-0.15, -0.1) is 0 Å². The van der Waals surface area contributed by atoms with Gasteiger partial charge in [-0.05, 0) is 48.9 Å². The molecule has 3 aromatic rings. The molecule has 32 heavy (non-hydrogen) atoms. The predicted molar refractivity (Wildman–Crippen MR) is 118 cm³/mol. The van der Waals surface area contributed by atoms with E-state index in [9.17, 15) is 9.59 Å². The lowest BCUT2D eigenvalue weighted by Crippen LogP contribution is -2.29. The van der Waals surface area contributed by atoms with Crippen molar-refractivity contribution >= 4 is 23.9 Å². The highest BCUT2D eigenvalue weighted by Crippen LogP contribution is 2.23. The highest BCUT2D eigenvalue weighted by Gasteiger charge is 2.27. The number of hydrogen-bond acceptors (Lipinski definition) is 5. The van der Waals surface area contributed by atoms with E-state index in [1.54, 1.807) is 12.4 Å². The van der Waals surface area contributed by atoms with Gasteiger partial charge in [-0.25, -0.2) is 4.98 Å². The summed E-state index contributed by atoms with van der Waals surface area (Å²) >= 11 is 0. The number of likely N-dealkylation sites (tertiary alicyclic amines) is 1. The number of amides is 2. The predicted octanol–water partition coefficient (Wildman–Crippen LogP) is 2.27. The molecule has 0 aromatic carbocycles. The maximum atomic E-state index is 12.9. The number of imidazole rings is 1. The molecule has 2 N–H and O–H groups in total. The molecule has 1 saturated heterocycles. The van der Waals surface area contributed by atoms with Gasteiger partial charge in [-0.2, -0.15) is 0 Å². The van der Waals surface area contributed by atoms with Gasteiger partial charge in [0.05, 0.1) is 11.1 Å². The molecule has 1 aliphatic rings. The van der Waals surface area contributed by atoms with Gasteiger partial charge in [-0.1, -0.05) is 6.92 Å². The van der Waals surface area contributed by atoms with Crippen molar-refractivity contribution in [3.05, 3.63) is 65.9 Å². The van der Waals surface area contributed by atoms with Gasteiger partial charge in [0.25, 0.3) is 18.3 Å². The highest BCUT2D eigenvalue weighted by atomic mass is 16.3. The number of aromatic nitrogens is 3. The van der Waals surface area contributed by atoms with Gasteiger partial charge in [0.2, 0.25) is 0 Å². The topological polar surface area (TPSA) is 117 Å². The van der Waals surface area contributed by atoms with Crippen molar-refractivity contribution in [2.75, 3.05) is 19.6 Å². The van der Waals surface area contributed by atoms with Crippen molar-refractivity contribution in [1.82, 2.24) is 24.6 Å². The smallest absolute Gasteiger partial charge is 0.290 e. The van der Waals surface area contributed by atoms with Crippen LogP contribution in [0.4, 0.5) is 0 Å². The lowest BCUT2D eigenvalue weighted by atomic mass is 9.99. The van der Waals surface area contributed by atoms with Gasteiger partial charge in [-0.3, -0.25) is 19.4 Å². The molecule has 3 aromatic heterocycles. The van der Waals surface area contributed by atoms with E-state index >= 15 is 0 Å². The molecule has 0 bridgehead atoms. The Kier molecular flexibility index (Phi) is 7.91. The summed E-state index contributed by atoms with van der Waals surface area (Å²) in [6.45, 7) is 3.89. The van der Waals surface area contributed by atoms with Crippen LogP contribution in [0.15, 0.2) is 49.2 Å². The molecule has 1 atom stereocenters. The number of nitrogens with zero attached hydrogens (tertiary/aromatic N) is 4. The van der Waals surface area contributed by atoms with Crippen LogP contribution < -0.4 is 5.32 Å². The standard InChI is InChI=1S/C22H25N5O2.CH2O2/c1-2-6-25-21(28)19-11-17(12-23-13-19)10-16-5-8-27(14-16)22(29)18-3-4-20-24-7-9-26(20)15-18;2-1-3/h3-4,7,9,11-13,15-16H,2,5-6,8,10,14H2,1H3,(H,25,28);1H,(H,2,3). The van der Waals surface area contributed by atoms with Crippen molar-refractivity contribution in [2.45, 2.75) is 26.2 Å². The molecule has 0 saturated carbocycles. The molecule has 0 aliphatic carbocycles. The number of nitrogens with one attached hydrogen (secondary N) is 1. The van der Waals surface area contributed by atoms with E-state index in [0.29, 0.717) is 30.1 Å². The fourth-order valence-corrected chi connectivity index (χ4v) is 3.81. The number of fused-ring (bicyclic) bond motifs is 1. The first-order valence-electron chi connectivity index (χ1n) is 10.6. The van der Waals surface area contributed by atoms with Crippen molar-refractivity contribution < 1.29 is 19.5 Å². The third-order valence-corrected chi connectivity index (χ3v) is 5.33. The van der Waals surface area contributed by atoms with Gasteiger partial charge >= 0.3 is 0 Å². The first-order chi connectivity index (χ1) is 15.5. The van der Waals surface area contributed by atoms with E-state index in [4.69, 9.17) is 9.90 Å². The number of carbonyl (C=O) groups excluding carboxylic acids is 2. The lowest BCUT2D eigenvalue weighted by Gasteiger charge is -2.17. The van der Waals surface area contributed by atoms with Crippen LogP contribution in [-0.2, 0) is 11.2 Å². The zero-order valence-electron chi connectivity index (χ0n) is 18.0. The fraction of sp³-hybridized carbons (Fsp3) is 0.348. The van der Waals surface area contributed by atoms with Gasteiger partial charge in [0.15, 0.2) is 0 Å². The molecule has 2 amide bonds. The van der Waals surface area contributed by atoms with Crippen LogP contribution in [0.5, 0.6) is 0 Å². The van der Waals surface area contributed by atoms with Crippen molar-refractivity contribution in [3.63, 3.8) is 0 Å². The molecular formula is C23H27N5O4. The molecule has 4 heterocycles.